The Balaban J connectivity index is 1.35. The number of amides is 5. The van der Waals surface area contributed by atoms with E-state index in [4.69, 9.17) is 30.8 Å². The minimum Gasteiger partial charge on any atom is -0.497 e. The van der Waals surface area contributed by atoms with Crippen LogP contribution in [0, 0.1) is 11.8 Å². The zero-order valence-electron chi connectivity index (χ0n) is 36.3. The van der Waals surface area contributed by atoms with E-state index in [-0.39, 0.29) is 49.0 Å². The van der Waals surface area contributed by atoms with Crippen molar-refractivity contribution in [2.24, 2.45) is 11.8 Å². The third-order valence-electron chi connectivity index (χ3n) is 10.9. The number of hydrogen-bond donors (Lipinski definition) is 4. The number of pyridine rings is 1. The van der Waals surface area contributed by atoms with Crippen molar-refractivity contribution in [2.45, 2.75) is 81.2 Å². The molecule has 64 heavy (non-hydrogen) atoms. The lowest BCUT2D eigenvalue weighted by molar-refractivity contribution is -0.141. The maximum Gasteiger partial charge on any atom is 0.408 e. The lowest BCUT2D eigenvalue weighted by Crippen LogP contribution is -2.58. The number of rotatable bonds is 17. The number of carbonyl (C=O) groups is 5. The molecule has 4 aromatic rings. The number of nitrogens with one attached hydrogen (secondary N) is 4. The number of benzene rings is 3. The number of halogens is 1. The van der Waals surface area contributed by atoms with Crippen LogP contribution in [-0.4, -0.2) is 103 Å². The molecule has 340 valence electrons. The molecule has 1 unspecified atom stereocenters. The molecule has 1 saturated heterocycles. The van der Waals surface area contributed by atoms with Crippen LogP contribution < -0.4 is 30.1 Å². The zero-order valence-corrected chi connectivity index (χ0v) is 37.8. The van der Waals surface area contributed by atoms with Gasteiger partial charge < -0.3 is 35.1 Å². The van der Waals surface area contributed by atoms with Gasteiger partial charge >= 0.3 is 6.09 Å². The number of fused-ring (bicyclic) bond motifs is 1. The van der Waals surface area contributed by atoms with Crippen LogP contribution in [0.25, 0.3) is 22.2 Å². The van der Waals surface area contributed by atoms with Crippen LogP contribution in [0.1, 0.15) is 47.0 Å². The number of nitrogens with zero attached hydrogens (tertiary/aromatic N) is 2. The van der Waals surface area contributed by atoms with E-state index in [0.717, 1.165) is 5.56 Å². The first-order chi connectivity index (χ1) is 30.4. The van der Waals surface area contributed by atoms with Crippen LogP contribution >= 0.6 is 11.6 Å². The Morgan fingerprint density at radius 1 is 1.02 bits per heavy atom. The van der Waals surface area contributed by atoms with Gasteiger partial charge in [-0.1, -0.05) is 61.5 Å². The number of aromatic nitrogens is 1. The van der Waals surface area contributed by atoms with Gasteiger partial charge in [-0.25, -0.2) is 22.9 Å². The monoisotopic (exact) mass is 916 g/mol. The highest BCUT2D eigenvalue weighted by molar-refractivity contribution is 7.90. The highest BCUT2D eigenvalue weighted by Gasteiger charge is 2.61. The Kier molecular flexibility index (Phi) is 14.5. The molecule has 2 aliphatic rings. The van der Waals surface area contributed by atoms with Gasteiger partial charge in [0.2, 0.25) is 17.7 Å². The van der Waals surface area contributed by atoms with Gasteiger partial charge in [0.15, 0.2) is 0 Å². The van der Waals surface area contributed by atoms with Crippen molar-refractivity contribution in [3.8, 4) is 22.8 Å². The molecule has 2 heterocycles. The first kappa shape index (κ1) is 47.3. The third kappa shape index (κ3) is 11.1. The molecule has 0 radical (unpaired) electrons. The average molecular weight is 917 g/mol. The van der Waals surface area contributed by atoms with Gasteiger partial charge in [0, 0.05) is 53.8 Å². The molecule has 1 aliphatic carbocycles. The van der Waals surface area contributed by atoms with Gasteiger partial charge in [-0.05, 0) is 57.9 Å². The first-order valence-electron chi connectivity index (χ1n) is 20.8. The molecular weight excluding hydrogens is 864 g/mol. The second-order valence-corrected chi connectivity index (χ2v) is 18.8. The van der Waals surface area contributed by atoms with Crippen molar-refractivity contribution in [3.05, 3.63) is 97.6 Å². The maximum atomic E-state index is 14.8. The second kappa shape index (κ2) is 19.7. The van der Waals surface area contributed by atoms with E-state index < -0.39 is 75.0 Å². The van der Waals surface area contributed by atoms with Gasteiger partial charge in [0.25, 0.3) is 15.9 Å². The molecule has 1 aliphatic heterocycles. The Bertz CT molecular complexity index is 2500. The van der Waals surface area contributed by atoms with Crippen LogP contribution in [0.4, 0.5) is 4.79 Å². The van der Waals surface area contributed by atoms with Gasteiger partial charge in [-0.3, -0.25) is 19.2 Å². The molecule has 4 N–H and O–H groups in total. The SMILES string of the molecule is C=C[C@@H]1C[C@]1(NC(=O)[C@@H]1C[C@@H](Oc2cc(-c3ccccc3)nc3cc(OC)ccc23)CN1C(=O)[C@H](CCNC(=O)C(C)CCl)NC(=O)OC(C)(C)C)C(=O)NS(=O)(=O)c1ccccc1. The Labute approximate surface area is 377 Å². The molecule has 2 fully saturated rings. The predicted molar refractivity (Wildman–Crippen MR) is 240 cm³/mol. The summed E-state index contributed by atoms with van der Waals surface area (Å²) in [5.74, 6) is -2.95. The lowest BCUT2D eigenvalue weighted by atomic mass is 10.1. The minimum atomic E-state index is -4.33. The molecule has 18 heteroatoms. The van der Waals surface area contributed by atoms with Crippen molar-refractivity contribution < 1.29 is 46.6 Å². The Hall–Kier alpha value is -6.20. The van der Waals surface area contributed by atoms with Gasteiger partial charge in [-0.15, -0.1) is 18.2 Å². The molecule has 0 spiro atoms. The van der Waals surface area contributed by atoms with Crippen molar-refractivity contribution >= 4 is 62.2 Å². The standard InChI is InChI=1S/C46H53ClN6O10S/c1-7-30-25-46(30,43(57)52-64(59,60)33-16-12-9-13-17-33)51-41(55)38-23-32(62-39-24-36(29-14-10-8-11-15-29)49-37-22-31(61-6)18-19-34(37)39)27-53(38)42(56)35(50-44(58)63-45(3,4)5)20-21-48-40(54)28(2)26-47/h7-19,22,24,28,30,32,35,38H,1,20-21,23,25-27H2,2-6H3,(H,48,54)(H,50,58)(H,51,55)(H,52,57)/t28?,30-,32-,35+,38+,46-/m1/s1. The quantitative estimate of drug-likeness (QED) is 0.0809. The minimum absolute atomic E-state index is 0.0386. The van der Waals surface area contributed by atoms with Gasteiger partial charge in [-0.2, -0.15) is 0 Å². The van der Waals surface area contributed by atoms with E-state index in [1.165, 1.54) is 35.2 Å². The van der Waals surface area contributed by atoms with Crippen LogP contribution in [0.3, 0.4) is 0 Å². The molecule has 1 saturated carbocycles. The topological polar surface area (TPSA) is 211 Å². The zero-order chi connectivity index (χ0) is 46.4. The van der Waals surface area contributed by atoms with Crippen molar-refractivity contribution in [1.29, 1.82) is 0 Å². The molecule has 6 atom stereocenters. The van der Waals surface area contributed by atoms with Crippen molar-refractivity contribution in [3.63, 3.8) is 0 Å². The number of alkyl halides is 1. The molecule has 16 nitrogen and oxygen atoms in total. The van der Waals surface area contributed by atoms with E-state index in [0.29, 0.717) is 28.1 Å². The van der Waals surface area contributed by atoms with Gasteiger partial charge in [0.05, 0.1) is 29.8 Å². The summed E-state index contributed by atoms with van der Waals surface area (Å²) in [5, 5.41) is 8.75. The molecule has 6 rings (SSSR count). The molecule has 3 aromatic carbocycles. The number of sulfonamides is 1. The Morgan fingerprint density at radius 2 is 1.70 bits per heavy atom. The fraction of sp³-hybridized carbons (Fsp3) is 0.391. The highest BCUT2D eigenvalue weighted by Crippen LogP contribution is 2.45. The number of carbonyl (C=O) groups excluding carboxylic acids is 5. The first-order valence-corrected chi connectivity index (χ1v) is 22.8. The van der Waals surface area contributed by atoms with Crippen LogP contribution in [0.2, 0.25) is 0 Å². The molecule has 5 amide bonds. The number of likely N-dealkylation sites (tertiary alicyclic amines) is 1. The largest absolute Gasteiger partial charge is 0.497 e. The molecule has 0 bridgehead atoms. The number of hydrogen-bond acceptors (Lipinski definition) is 11. The second-order valence-electron chi connectivity index (χ2n) is 16.8. The van der Waals surface area contributed by atoms with Crippen molar-refractivity contribution in [1.82, 2.24) is 30.6 Å². The summed E-state index contributed by atoms with van der Waals surface area (Å²) >= 11 is 5.89. The highest BCUT2D eigenvalue weighted by atomic mass is 35.5. The van der Waals surface area contributed by atoms with Crippen LogP contribution in [-0.2, 0) is 33.9 Å². The third-order valence-corrected chi connectivity index (χ3v) is 12.7. The van der Waals surface area contributed by atoms with Crippen LogP contribution in [0.15, 0.2) is 102 Å². The summed E-state index contributed by atoms with van der Waals surface area (Å²) in [5.41, 5.74) is -0.685. The molecular formula is C46H53ClN6O10S. The maximum absolute atomic E-state index is 14.8. The van der Waals surface area contributed by atoms with E-state index in [1.54, 1.807) is 65.1 Å². The number of alkyl carbamates (subject to hydrolysis) is 1. The fourth-order valence-electron chi connectivity index (χ4n) is 7.41. The average Bonchev–Trinajstić information content (AvgIpc) is 3.83. The van der Waals surface area contributed by atoms with E-state index >= 15 is 0 Å². The lowest BCUT2D eigenvalue weighted by Gasteiger charge is -2.30. The summed E-state index contributed by atoms with van der Waals surface area (Å²) in [6, 6.07) is 21.2. The van der Waals surface area contributed by atoms with E-state index in [2.05, 4.69) is 27.3 Å². The van der Waals surface area contributed by atoms with Crippen molar-refractivity contribution in [2.75, 3.05) is 26.1 Å². The van der Waals surface area contributed by atoms with E-state index in [9.17, 15) is 32.4 Å². The number of methoxy groups -OCH3 is 1. The normalized spacial score (nSPS) is 20.3. The smallest absolute Gasteiger partial charge is 0.408 e. The predicted octanol–water partition coefficient (Wildman–Crippen LogP) is 5.10. The van der Waals surface area contributed by atoms with E-state index in [1.807, 2.05) is 30.3 Å². The summed E-state index contributed by atoms with van der Waals surface area (Å²) in [4.78, 5) is 75.2. The van der Waals surface area contributed by atoms with Crippen LogP contribution in [0.5, 0.6) is 11.5 Å². The van der Waals surface area contributed by atoms with Gasteiger partial charge in [0.1, 0.15) is 40.8 Å². The fourth-order valence-corrected chi connectivity index (χ4v) is 8.61. The summed E-state index contributed by atoms with van der Waals surface area (Å²) < 4.78 is 46.3. The summed E-state index contributed by atoms with van der Waals surface area (Å²) in [7, 11) is -2.79. The number of ether oxygens (including phenoxy) is 3. The molecule has 1 aromatic heterocycles. The Morgan fingerprint density at radius 3 is 2.33 bits per heavy atom. The summed E-state index contributed by atoms with van der Waals surface area (Å²) in [6.07, 6.45) is -0.438. The summed E-state index contributed by atoms with van der Waals surface area (Å²) in [6.45, 7) is 10.2.